The van der Waals surface area contributed by atoms with Gasteiger partial charge in [-0.3, -0.25) is 0 Å². The second kappa shape index (κ2) is 5.69. The zero-order valence-corrected chi connectivity index (χ0v) is 9.89. The number of aliphatic hydroxyl groups excluding tert-OH is 1. The Morgan fingerprint density at radius 3 is 2.60 bits per heavy atom. The van der Waals surface area contributed by atoms with Gasteiger partial charge in [0.1, 0.15) is 6.17 Å². The average molecular weight is 251 g/mol. The zero-order valence-electron chi connectivity index (χ0n) is 8.38. The van der Waals surface area contributed by atoms with Crippen LogP contribution in [0.25, 0.3) is 0 Å². The van der Waals surface area contributed by atoms with Crippen LogP contribution in [-0.2, 0) is 0 Å². The molecule has 0 aliphatic carbocycles. The Hall–Kier alpha value is -0.310. The highest BCUT2D eigenvalue weighted by atomic mass is 35.5. The molecule has 15 heavy (non-hydrogen) atoms. The van der Waals surface area contributed by atoms with Crippen molar-refractivity contribution in [2.45, 2.75) is 32.0 Å². The molecule has 0 aliphatic rings. The normalized spacial score (nSPS) is 15.0. The van der Waals surface area contributed by atoms with Crippen LogP contribution in [0.2, 0.25) is 10.0 Å². The minimum atomic E-state index is -1.01. The molecule has 2 unspecified atom stereocenters. The van der Waals surface area contributed by atoms with E-state index in [1.165, 1.54) is 0 Å². The third-order valence-corrected chi connectivity index (χ3v) is 2.81. The van der Waals surface area contributed by atoms with E-state index >= 15 is 0 Å². The van der Waals surface area contributed by atoms with Crippen molar-refractivity contribution in [3.05, 3.63) is 33.8 Å². The molecular formula is C11H13Cl2FO. The third kappa shape index (κ3) is 3.63. The summed E-state index contributed by atoms with van der Waals surface area (Å²) in [6.45, 7) is 1.74. The van der Waals surface area contributed by atoms with Crippen molar-refractivity contribution in [1.82, 2.24) is 0 Å². The fourth-order valence-electron chi connectivity index (χ4n) is 1.31. The number of rotatable bonds is 4. The van der Waals surface area contributed by atoms with Crippen molar-refractivity contribution in [1.29, 1.82) is 0 Å². The van der Waals surface area contributed by atoms with Gasteiger partial charge in [-0.25, -0.2) is 4.39 Å². The van der Waals surface area contributed by atoms with Crippen LogP contribution in [0.1, 0.15) is 31.4 Å². The SMILES string of the molecule is CCC(F)CC(O)c1ccc(Cl)cc1Cl. The first-order valence-corrected chi connectivity index (χ1v) is 5.57. The summed E-state index contributed by atoms with van der Waals surface area (Å²) < 4.78 is 13.0. The molecule has 0 saturated carbocycles. The maximum absolute atomic E-state index is 13.0. The molecule has 1 N–H and O–H groups in total. The fourth-order valence-corrected chi connectivity index (χ4v) is 1.84. The molecule has 84 valence electrons. The van der Waals surface area contributed by atoms with Crippen LogP contribution in [0.15, 0.2) is 18.2 Å². The molecule has 2 atom stereocenters. The lowest BCUT2D eigenvalue weighted by molar-refractivity contribution is 0.125. The maximum Gasteiger partial charge on any atom is 0.103 e. The number of hydrogen-bond donors (Lipinski definition) is 1. The number of aliphatic hydroxyl groups is 1. The summed E-state index contributed by atoms with van der Waals surface area (Å²) in [5.74, 6) is 0. The van der Waals surface area contributed by atoms with Crippen LogP contribution < -0.4 is 0 Å². The van der Waals surface area contributed by atoms with Crippen LogP contribution in [-0.4, -0.2) is 11.3 Å². The van der Waals surface area contributed by atoms with E-state index in [1.54, 1.807) is 25.1 Å². The van der Waals surface area contributed by atoms with Crippen molar-refractivity contribution in [2.24, 2.45) is 0 Å². The van der Waals surface area contributed by atoms with E-state index in [2.05, 4.69) is 0 Å². The maximum atomic E-state index is 13.0. The van der Waals surface area contributed by atoms with E-state index in [-0.39, 0.29) is 6.42 Å². The van der Waals surface area contributed by atoms with Gasteiger partial charge in [0.25, 0.3) is 0 Å². The highest BCUT2D eigenvalue weighted by molar-refractivity contribution is 6.35. The van der Waals surface area contributed by atoms with Crippen molar-refractivity contribution < 1.29 is 9.50 Å². The van der Waals surface area contributed by atoms with E-state index in [9.17, 15) is 9.50 Å². The van der Waals surface area contributed by atoms with Crippen LogP contribution in [0, 0.1) is 0 Å². The molecule has 0 heterocycles. The monoisotopic (exact) mass is 250 g/mol. The Bertz CT molecular complexity index is 330. The number of hydrogen-bond acceptors (Lipinski definition) is 1. The Kier molecular flexibility index (Phi) is 4.84. The van der Waals surface area contributed by atoms with Crippen molar-refractivity contribution in [3.8, 4) is 0 Å². The third-order valence-electron chi connectivity index (χ3n) is 2.24. The van der Waals surface area contributed by atoms with Gasteiger partial charge in [0.2, 0.25) is 0 Å². The molecule has 0 amide bonds. The number of benzene rings is 1. The minimum absolute atomic E-state index is 0.0673. The molecule has 0 aliphatic heterocycles. The first-order chi connectivity index (χ1) is 7.04. The minimum Gasteiger partial charge on any atom is -0.388 e. The van der Waals surface area contributed by atoms with Gasteiger partial charge in [0.05, 0.1) is 6.10 Å². The van der Waals surface area contributed by atoms with E-state index in [1.807, 2.05) is 0 Å². The molecule has 0 aromatic heterocycles. The Morgan fingerprint density at radius 1 is 1.40 bits per heavy atom. The van der Waals surface area contributed by atoms with Gasteiger partial charge in [-0.15, -0.1) is 0 Å². The van der Waals surface area contributed by atoms with Crippen LogP contribution >= 0.6 is 23.2 Å². The molecule has 0 fully saturated rings. The van der Waals surface area contributed by atoms with E-state index < -0.39 is 12.3 Å². The van der Waals surface area contributed by atoms with Gasteiger partial charge in [-0.2, -0.15) is 0 Å². The number of alkyl halides is 1. The molecule has 0 radical (unpaired) electrons. The molecule has 1 aromatic carbocycles. The number of halogens is 3. The molecule has 1 nitrogen and oxygen atoms in total. The predicted octanol–water partition coefficient (Wildman–Crippen LogP) is 4.17. The standard InChI is InChI=1S/C11H13Cl2FO/c1-2-8(14)6-11(15)9-4-3-7(12)5-10(9)13/h3-5,8,11,15H,2,6H2,1H3. The highest BCUT2D eigenvalue weighted by Gasteiger charge is 2.16. The first kappa shape index (κ1) is 12.8. The zero-order chi connectivity index (χ0) is 11.4. The van der Waals surface area contributed by atoms with Gasteiger partial charge < -0.3 is 5.11 Å². The molecule has 1 rings (SSSR count). The van der Waals surface area contributed by atoms with Crippen LogP contribution in [0.5, 0.6) is 0 Å². The largest absolute Gasteiger partial charge is 0.388 e. The summed E-state index contributed by atoms with van der Waals surface area (Å²) in [4.78, 5) is 0. The fraction of sp³-hybridized carbons (Fsp3) is 0.455. The first-order valence-electron chi connectivity index (χ1n) is 4.81. The van der Waals surface area contributed by atoms with E-state index in [0.717, 1.165) is 0 Å². The highest BCUT2D eigenvalue weighted by Crippen LogP contribution is 2.29. The van der Waals surface area contributed by atoms with Gasteiger partial charge in [-0.1, -0.05) is 36.2 Å². The summed E-state index contributed by atoms with van der Waals surface area (Å²) >= 11 is 11.6. The Labute approximate surface area is 98.8 Å². The Morgan fingerprint density at radius 2 is 2.07 bits per heavy atom. The second-order valence-electron chi connectivity index (χ2n) is 3.42. The lowest BCUT2D eigenvalue weighted by atomic mass is 10.0. The summed E-state index contributed by atoms with van der Waals surface area (Å²) in [6, 6.07) is 4.80. The summed E-state index contributed by atoms with van der Waals surface area (Å²) in [7, 11) is 0. The Balaban J connectivity index is 2.77. The quantitative estimate of drug-likeness (QED) is 0.851. The molecule has 0 bridgehead atoms. The van der Waals surface area contributed by atoms with Crippen LogP contribution in [0.3, 0.4) is 0 Å². The molecule has 4 heteroatoms. The smallest absolute Gasteiger partial charge is 0.103 e. The lowest BCUT2D eigenvalue weighted by Gasteiger charge is -2.14. The topological polar surface area (TPSA) is 20.2 Å². The van der Waals surface area contributed by atoms with E-state index in [4.69, 9.17) is 23.2 Å². The van der Waals surface area contributed by atoms with Gasteiger partial charge in [0, 0.05) is 16.5 Å². The van der Waals surface area contributed by atoms with Gasteiger partial charge in [0.15, 0.2) is 0 Å². The van der Waals surface area contributed by atoms with Gasteiger partial charge in [-0.05, 0) is 24.1 Å². The van der Waals surface area contributed by atoms with Crippen molar-refractivity contribution >= 4 is 23.2 Å². The summed E-state index contributed by atoms with van der Waals surface area (Å²) in [6.07, 6.45) is -1.42. The molecule has 0 saturated heterocycles. The second-order valence-corrected chi connectivity index (χ2v) is 4.27. The van der Waals surface area contributed by atoms with Crippen molar-refractivity contribution in [3.63, 3.8) is 0 Å². The molecule has 1 aromatic rings. The lowest BCUT2D eigenvalue weighted by Crippen LogP contribution is -2.07. The average Bonchev–Trinajstić information content (AvgIpc) is 2.17. The van der Waals surface area contributed by atoms with E-state index in [0.29, 0.717) is 22.0 Å². The summed E-state index contributed by atoms with van der Waals surface area (Å²) in [5.41, 5.74) is 0.525. The van der Waals surface area contributed by atoms with Gasteiger partial charge >= 0.3 is 0 Å². The summed E-state index contributed by atoms with van der Waals surface area (Å²) in [5, 5.41) is 10.6. The van der Waals surface area contributed by atoms with Crippen molar-refractivity contribution in [2.75, 3.05) is 0 Å². The molecular weight excluding hydrogens is 238 g/mol. The molecule has 0 spiro atoms. The predicted molar refractivity (Wildman–Crippen MR) is 61.2 cm³/mol. The van der Waals surface area contributed by atoms with Crippen LogP contribution in [0.4, 0.5) is 4.39 Å².